The molecule has 2 rings (SSSR count). The SMILES string of the molecule is Cc1ccc(F)c(C(N)c2ccsc2C)c1. The molecule has 2 aromatic rings. The molecule has 1 heterocycles. The van der Waals surface area contributed by atoms with Gasteiger partial charge < -0.3 is 5.73 Å². The summed E-state index contributed by atoms with van der Waals surface area (Å²) in [6.07, 6.45) is 0. The first-order valence-electron chi connectivity index (χ1n) is 5.15. The summed E-state index contributed by atoms with van der Waals surface area (Å²) in [5, 5.41) is 1.98. The molecule has 0 saturated heterocycles. The lowest BCUT2D eigenvalue weighted by Crippen LogP contribution is -2.14. The van der Waals surface area contributed by atoms with Crippen LogP contribution in [0.3, 0.4) is 0 Å². The Hall–Kier alpha value is -1.19. The second-order valence-corrected chi connectivity index (χ2v) is 5.06. The Morgan fingerprint density at radius 3 is 2.56 bits per heavy atom. The van der Waals surface area contributed by atoms with E-state index in [1.54, 1.807) is 17.4 Å². The molecule has 16 heavy (non-hydrogen) atoms. The van der Waals surface area contributed by atoms with Crippen molar-refractivity contribution >= 4 is 11.3 Å². The second kappa shape index (κ2) is 4.36. The Morgan fingerprint density at radius 2 is 1.94 bits per heavy atom. The number of nitrogens with two attached hydrogens (primary N) is 1. The first-order chi connectivity index (χ1) is 7.59. The third-order valence-corrected chi connectivity index (χ3v) is 3.58. The van der Waals surface area contributed by atoms with Gasteiger partial charge in [-0.15, -0.1) is 11.3 Å². The highest BCUT2D eigenvalue weighted by Gasteiger charge is 2.16. The van der Waals surface area contributed by atoms with Crippen molar-refractivity contribution in [2.75, 3.05) is 0 Å². The van der Waals surface area contributed by atoms with Crippen molar-refractivity contribution < 1.29 is 4.39 Å². The summed E-state index contributed by atoms with van der Waals surface area (Å²) in [5.74, 6) is -0.233. The van der Waals surface area contributed by atoms with Gasteiger partial charge in [0.2, 0.25) is 0 Å². The number of thiophene rings is 1. The van der Waals surface area contributed by atoms with E-state index in [-0.39, 0.29) is 11.9 Å². The number of aryl methyl sites for hydroxylation is 2. The van der Waals surface area contributed by atoms with E-state index in [1.165, 1.54) is 6.07 Å². The summed E-state index contributed by atoms with van der Waals surface area (Å²) in [7, 11) is 0. The zero-order valence-corrected chi connectivity index (χ0v) is 10.1. The van der Waals surface area contributed by atoms with Crippen molar-refractivity contribution in [3.8, 4) is 0 Å². The zero-order chi connectivity index (χ0) is 11.7. The molecule has 1 unspecified atom stereocenters. The van der Waals surface area contributed by atoms with Crippen LogP contribution >= 0.6 is 11.3 Å². The van der Waals surface area contributed by atoms with Gasteiger partial charge >= 0.3 is 0 Å². The van der Waals surface area contributed by atoms with Crippen LogP contribution in [-0.2, 0) is 0 Å². The summed E-state index contributed by atoms with van der Waals surface area (Å²) < 4.78 is 13.7. The monoisotopic (exact) mass is 235 g/mol. The van der Waals surface area contributed by atoms with Gasteiger partial charge in [-0.3, -0.25) is 0 Å². The fourth-order valence-corrected chi connectivity index (χ4v) is 2.54. The Morgan fingerprint density at radius 1 is 1.19 bits per heavy atom. The third-order valence-electron chi connectivity index (χ3n) is 2.72. The van der Waals surface area contributed by atoms with Crippen LogP contribution in [0.5, 0.6) is 0 Å². The van der Waals surface area contributed by atoms with Crippen LogP contribution in [0.15, 0.2) is 29.6 Å². The molecule has 1 atom stereocenters. The molecule has 0 aliphatic rings. The molecule has 0 aliphatic carbocycles. The fourth-order valence-electron chi connectivity index (χ4n) is 1.79. The molecule has 0 spiro atoms. The highest BCUT2D eigenvalue weighted by Crippen LogP contribution is 2.28. The Balaban J connectivity index is 2.45. The highest BCUT2D eigenvalue weighted by molar-refractivity contribution is 7.10. The number of halogens is 1. The molecule has 0 saturated carbocycles. The van der Waals surface area contributed by atoms with Crippen molar-refractivity contribution in [3.63, 3.8) is 0 Å². The van der Waals surface area contributed by atoms with E-state index in [4.69, 9.17) is 5.73 Å². The summed E-state index contributed by atoms with van der Waals surface area (Å²) in [6, 6.07) is 6.65. The van der Waals surface area contributed by atoms with Gasteiger partial charge in [-0.05, 0) is 36.9 Å². The van der Waals surface area contributed by atoms with Gasteiger partial charge in [0, 0.05) is 10.4 Å². The van der Waals surface area contributed by atoms with E-state index in [2.05, 4.69) is 0 Å². The smallest absolute Gasteiger partial charge is 0.128 e. The van der Waals surface area contributed by atoms with E-state index in [0.717, 1.165) is 16.0 Å². The Labute approximate surface area is 98.7 Å². The van der Waals surface area contributed by atoms with E-state index < -0.39 is 0 Å². The Bertz CT molecular complexity index is 504. The predicted octanol–water partition coefficient (Wildman–Crippen LogP) is 3.55. The summed E-state index contributed by atoms with van der Waals surface area (Å²) >= 11 is 1.64. The molecule has 0 radical (unpaired) electrons. The molecule has 0 fully saturated rings. The average Bonchev–Trinajstić information content (AvgIpc) is 2.67. The molecule has 0 aliphatic heterocycles. The van der Waals surface area contributed by atoms with E-state index >= 15 is 0 Å². The fraction of sp³-hybridized carbons (Fsp3) is 0.231. The molecule has 2 N–H and O–H groups in total. The predicted molar refractivity (Wildman–Crippen MR) is 66.2 cm³/mol. The summed E-state index contributed by atoms with van der Waals surface area (Å²) in [4.78, 5) is 1.15. The molecule has 0 amide bonds. The zero-order valence-electron chi connectivity index (χ0n) is 9.33. The number of hydrogen-bond acceptors (Lipinski definition) is 2. The maximum atomic E-state index is 13.7. The highest BCUT2D eigenvalue weighted by atomic mass is 32.1. The minimum Gasteiger partial charge on any atom is -0.320 e. The molecule has 1 aromatic heterocycles. The first kappa shape index (κ1) is 11.3. The standard InChI is InChI=1S/C13H14FNS/c1-8-3-4-12(14)11(7-8)13(15)10-5-6-16-9(10)2/h3-7,13H,15H2,1-2H3. The van der Waals surface area contributed by atoms with Crippen LogP contribution in [0.2, 0.25) is 0 Å². The minimum atomic E-state index is -0.369. The lowest BCUT2D eigenvalue weighted by atomic mass is 9.98. The van der Waals surface area contributed by atoms with E-state index in [1.807, 2.05) is 31.4 Å². The maximum absolute atomic E-state index is 13.7. The van der Waals surface area contributed by atoms with Crippen LogP contribution in [0, 0.1) is 19.7 Å². The maximum Gasteiger partial charge on any atom is 0.128 e. The van der Waals surface area contributed by atoms with Crippen LogP contribution < -0.4 is 5.73 Å². The summed E-state index contributed by atoms with van der Waals surface area (Å²) in [5.41, 5.74) is 8.71. The van der Waals surface area contributed by atoms with Crippen LogP contribution in [0.25, 0.3) is 0 Å². The first-order valence-corrected chi connectivity index (χ1v) is 6.03. The topological polar surface area (TPSA) is 26.0 Å². The molecular formula is C13H14FNS. The van der Waals surface area contributed by atoms with Gasteiger partial charge in [0.15, 0.2) is 0 Å². The van der Waals surface area contributed by atoms with Gasteiger partial charge in [0.25, 0.3) is 0 Å². The van der Waals surface area contributed by atoms with E-state index in [0.29, 0.717) is 5.56 Å². The molecule has 3 heteroatoms. The van der Waals surface area contributed by atoms with Crippen molar-refractivity contribution in [1.82, 2.24) is 0 Å². The van der Waals surface area contributed by atoms with Crippen LogP contribution in [0.4, 0.5) is 4.39 Å². The van der Waals surface area contributed by atoms with Crippen molar-refractivity contribution in [1.29, 1.82) is 0 Å². The van der Waals surface area contributed by atoms with Crippen LogP contribution in [0.1, 0.15) is 27.6 Å². The molecule has 84 valence electrons. The van der Waals surface area contributed by atoms with Gasteiger partial charge in [0.1, 0.15) is 5.82 Å². The van der Waals surface area contributed by atoms with Gasteiger partial charge in [-0.2, -0.15) is 0 Å². The van der Waals surface area contributed by atoms with Crippen molar-refractivity contribution in [2.24, 2.45) is 5.73 Å². The number of hydrogen-bond donors (Lipinski definition) is 1. The molecule has 1 aromatic carbocycles. The van der Waals surface area contributed by atoms with Crippen molar-refractivity contribution in [3.05, 3.63) is 57.0 Å². The van der Waals surface area contributed by atoms with E-state index in [9.17, 15) is 4.39 Å². The molecule has 0 bridgehead atoms. The largest absolute Gasteiger partial charge is 0.320 e. The lowest BCUT2D eigenvalue weighted by Gasteiger charge is -2.13. The normalized spacial score (nSPS) is 12.8. The molecule has 1 nitrogen and oxygen atoms in total. The average molecular weight is 235 g/mol. The van der Waals surface area contributed by atoms with Gasteiger partial charge in [-0.25, -0.2) is 4.39 Å². The Kier molecular flexibility index (Phi) is 3.08. The van der Waals surface area contributed by atoms with Gasteiger partial charge in [0.05, 0.1) is 6.04 Å². The van der Waals surface area contributed by atoms with Crippen LogP contribution in [-0.4, -0.2) is 0 Å². The molecular weight excluding hydrogens is 221 g/mol. The lowest BCUT2D eigenvalue weighted by molar-refractivity contribution is 0.599. The minimum absolute atomic E-state index is 0.233. The number of benzene rings is 1. The van der Waals surface area contributed by atoms with Gasteiger partial charge in [-0.1, -0.05) is 17.7 Å². The van der Waals surface area contributed by atoms with Crippen molar-refractivity contribution in [2.45, 2.75) is 19.9 Å². The quantitative estimate of drug-likeness (QED) is 0.846. The number of rotatable bonds is 2. The summed E-state index contributed by atoms with van der Waals surface area (Å²) in [6.45, 7) is 3.95. The second-order valence-electron chi connectivity index (χ2n) is 3.93. The third kappa shape index (κ3) is 2.01.